The summed E-state index contributed by atoms with van der Waals surface area (Å²) in [5.41, 5.74) is 7.03. The van der Waals surface area contributed by atoms with Gasteiger partial charge in [0.2, 0.25) is 11.0 Å². The first-order valence-electron chi connectivity index (χ1n) is 8.85. The molecule has 7 nitrogen and oxygen atoms in total. The molecule has 0 atom stereocenters. The maximum absolute atomic E-state index is 11.8. The number of rotatable bonds is 11. The van der Waals surface area contributed by atoms with E-state index in [9.17, 15) is 14.9 Å². The fourth-order valence-corrected chi connectivity index (χ4v) is 3.14. The van der Waals surface area contributed by atoms with E-state index in [4.69, 9.17) is 0 Å². The largest absolute Gasteiger partial charge is 0.273 e. The van der Waals surface area contributed by atoms with E-state index in [1.807, 2.05) is 5.38 Å². The Kier molecular flexibility index (Phi) is 8.01. The van der Waals surface area contributed by atoms with Crippen LogP contribution in [0.4, 0.5) is 10.8 Å². The molecule has 0 aliphatic carbocycles. The molecule has 0 bridgehead atoms. The molecule has 2 aromatic rings. The van der Waals surface area contributed by atoms with Crippen LogP contribution in [0.5, 0.6) is 0 Å². The first-order valence-corrected chi connectivity index (χ1v) is 9.73. The van der Waals surface area contributed by atoms with Gasteiger partial charge in [0.15, 0.2) is 0 Å². The molecule has 1 aromatic heterocycles. The van der Waals surface area contributed by atoms with Gasteiger partial charge in [-0.3, -0.25) is 25.8 Å². The number of hydrogen-bond acceptors (Lipinski definition) is 6. The van der Waals surface area contributed by atoms with Gasteiger partial charge < -0.3 is 0 Å². The summed E-state index contributed by atoms with van der Waals surface area (Å²) in [5.74, 6) is -0.0485. The van der Waals surface area contributed by atoms with E-state index in [0.717, 1.165) is 18.4 Å². The zero-order valence-corrected chi connectivity index (χ0v) is 15.7. The molecular formula is C18H24N4O3S. The number of aromatic nitrogens is 1. The van der Waals surface area contributed by atoms with Gasteiger partial charge in [-0.1, -0.05) is 39.0 Å². The molecule has 0 spiro atoms. The van der Waals surface area contributed by atoms with Gasteiger partial charge in [0, 0.05) is 29.5 Å². The lowest BCUT2D eigenvalue weighted by Gasteiger charge is -2.05. The summed E-state index contributed by atoms with van der Waals surface area (Å²) in [5, 5.41) is 13.1. The summed E-state index contributed by atoms with van der Waals surface area (Å²) in [6.45, 7) is 2.19. The maximum Gasteiger partial charge on any atom is 0.269 e. The fourth-order valence-electron chi connectivity index (χ4n) is 2.47. The van der Waals surface area contributed by atoms with Crippen molar-refractivity contribution in [2.45, 2.75) is 51.9 Å². The topological polar surface area (TPSA) is 97.2 Å². The van der Waals surface area contributed by atoms with Gasteiger partial charge in [-0.25, -0.2) is 4.98 Å². The summed E-state index contributed by atoms with van der Waals surface area (Å²) in [6.07, 6.45) is 7.37. The molecule has 0 radical (unpaired) electrons. The van der Waals surface area contributed by atoms with Gasteiger partial charge in [-0.15, -0.1) is 11.3 Å². The molecule has 1 amide bonds. The first-order chi connectivity index (χ1) is 12.6. The number of nitro groups is 1. The molecule has 0 fully saturated rings. The number of anilines is 1. The molecule has 26 heavy (non-hydrogen) atoms. The molecule has 1 heterocycles. The number of carbonyl (C=O) groups excluding carboxylic acids is 1. The Morgan fingerprint density at radius 1 is 1.15 bits per heavy atom. The number of non-ortho nitro benzene ring substituents is 1. The van der Waals surface area contributed by atoms with Crippen molar-refractivity contribution in [1.29, 1.82) is 0 Å². The van der Waals surface area contributed by atoms with Crippen molar-refractivity contribution in [1.82, 2.24) is 10.4 Å². The van der Waals surface area contributed by atoms with Crippen molar-refractivity contribution >= 4 is 28.1 Å². The minimum Gasteiger partial charge on any atom is -0.273 e. The van der Waals surface area contributed by atoms with Crippen LogP contribution in [0.2, 0.25) is 0 Å². The van der Waals surface area contributed by atoms with Crippen molar-refractivity contribution in [2.75, 3.05) is 5.43 Å². The number of carbonyl (C=O) groups is 1. The lowest BCUT2D eigenvalue weighted by molar-refractivity contribution is -0.384. The summed E-state index contributed by atoms with van der Waals surface area (Å²) in [7, 11) is 0. The van der Waals surface area contributed by atoms with Gasteiger partial charge in [-0.2, -0.15) is 0 Å². The van der Waals surface area contributed by atoms with Gasteiger partial charge in [0.05, 0.1) is 10.6 Å². The van der Waals surface area contributed by atoms with E-state index in [1.54, 1.807) is 12.1 Å². The smallest absolute Gasteiger partial charge is 0.269 e. The predicted molar refractivity (Wildman–Crippen MR) is 104 cm³/mol. The molecule has 8 heteroatoms. The van der Waals surface area contributed by atoms with Crippen LogP contribution in [0.25, 0.3) is 11.3 Å². The average Bonchev–Trinajstić information content (AvgIpc) is 3.12. The fraction of sp³-hybridized carbons (Fsp3) is 0.444. The van der Waals surface area contributed by atoms with E-state index >= 15 is 0 Å². The molecule has 1 aromatic carbocycles. The van der Waals surface area contributed by atoms with Gasteiger partial charge in [0.1, 0.15) is 0 Å². The standard InChI is InChI=1S/C18H24N4O3S/c1-2-3-4-5-6-7-8-17(23)20-21-18-19-16(13-26-18)14-9-11-15(12-10-14)22(24)25/h9-13H,2-8H2,1H3,(H,19,21)(H,20,23). The van der Waals surface area contributed by atoms with Crippen molar-refractivity contribution in [3.8, 4) is 11.3 Å². The van der Waals surface area contributed by atoms with Crippen LogP contribution in [0, 0.1) is 10.1 Å². The molecular weight excluding hydrogens is 352 g/mol. The van der Waals surface area contributed by atoms with Crippen LogP contribution in [-0.2, 0) is 4.79 Å². The van der Waals surface area contributed by atoms with E-state index in [-0.39, 0.29) is 11.6 Å². The second-order valence-electron chi connectivity index (χ2n) is 6.03. The Bertz CT molecular complexity index is 715. The second kappa shape index (κ2) is 10.5. The number of hydrazine groups is 1. The molecule has 0 aliphatic heterocycles. The third-order valence-electron chi connectivity index (χ3n) is 3.94. The predicted octanol–water partition coefficient (Wildman–Crippen LogP) is 4.91. The number of unbranched alkanes of at least 4 members (excludes halogenated alkanes) is 5. The minimum atomic E-state index is -0.433. The van der Waals surface area contributed by atoms with Crippen LogP contribution in [0.15, 0.2) is 29.6 Å². The van der Waals surface area contributed by atoms with Gasteiger partial charge in [-0.05, 0) is 18.6 Å². The highest BCUT2D eigenvalue weighted by molar-refractivity contribution is 7.14. The van der Waals surface area contributed by atoms with Crippen LogP contribution >= 0.6 is 11.3 Å². The average molecular weight is 376 g/mol. The monoisotopic (exact) mass is 376 g/mol. The SMILES string of the molecule is CCCCCCCCC(=O)NNc1nc(-c2ccc([N+](=O)[O-])cc2)cs1. The lowest BCUT2D eigenvalue weighted by atomic mass is 10.1. The zero-order valence-electron chi connectivity index (χ0n) is 14.9. The third kappa shape index (κ3) is 6.44. The Labute approximate surface area is 157 Å². The molecule has 0 aliphatic rings. The number of nitrogens with zero attached hydrogens (tertiary/aromatic N) is 2. The number of benzene rings is 1. The number of amides is 1. The highest BCUT2D eigenvalue weighted by Crippen LogP contribution is 2.26. The molecule has 0 unspecified atom stereocenters. The van der Waals surface area contributed by atoms with Crippen molar-refractivity contribution in [3.05, 3.63) is 39.8 Å². The minimum absolute atomic E-state index is 0.0456. The normalized spacial score (nSPS) is 10.5. The van der Waals surface area contributed by atoms with E-state index in [0.29, 0.717) is 17.2 Å². The van der Waals surface area contributed by atoms with Gasteiger partial charge >= 0.3 is 0 Å². The van der Waals surface area contributed by atoms with Crippen LogP contribution in [-0.4, -0.2) is 15.8 Å². The highest BCUT2D eigenvalue weighted by Gasteiger charge is 2.09. The summed E-state index contributed by atoms with van der Waals surface area (Å²) in [4.78, 5) is 26.5. The summed E-state index contributed by atoms with van der Waals surface area (Å²) >= 11 is 1.36. The van der Waals surface area contributed by atoms with Crippen LogP contribution in [0.3, 0.4) is 0 Å². The summed E-state index contributed by atoms with van der Waals surface area (Å²) in [6, 6.07) is 6.22. The van der Waals surface area contributed by atoms with E-state index in [1.165, 1.54) is 49.2 Å². The number of nitro benzene ring substituents is 1. The Morgan fingerprint density at radius 3 is 2.54 bits per heavy atom. The highest BCUT2D eigenvalue weighted by atomic mass is 32.1. The Balaban J connectivity index is 1.74. The Morgan fingerprint density at radius 2 is 1.85 bits per heavy atom. The first kappa shape index (κ1) is 19.8. The number of thiazole rings is 1. The Hall–Kier alpha value is -2.48. The van der Waals surface area contributed by atoms with Crippen molar-refractivity contribution in [3.63, 3.8) is 0 Å². The van der Waals surface area contributed by atoms with Crippen molar-refractivity contribution < 1.29 is 9.72 Å². The van der Waals surface area contributed by atoms with Crippen molar-refractivity contribution in [2.24, 2.45) is 0 Å². The maximum atomic E-state index is 11.8. The van der Waals surface area contributed by atoms with Crippen LogP contribution in [0.1, 0.15) is 51.9 Å². The second-order valence-corrected chi connectivity index (χ2v) is 6.89. The molecule has 2 rings (SSSR count). The number of hydrogen-bond donors (Lipinski definition) is 2. The molecule has 2 N–H and O–H groups in total. The summed E-state index contributed by atoms with van der Waals surface area (Å²) < 4.78 is 0. The lowest BCUT2D eigenvalue weighted by Crippen LogP contribution is -2.28. The molecule has 140 valence electrons. The van der Waals surface area contributed by atoms with E-state index < -0.39 is 4.92 Å². The van der Waals surface area contributed by atoms with Gasteiger partial charge in [0.25, 0.3) is 5.69 Å². The van der Waals surface area contributed by atoms with E-state index in [2.05, 4.69) is 22.8 Å². The zero-order chi connectivity index (χ0) is 18.8. The quantitative estimate of drug-likeness (QED) is 0.330. The third-order valence-corrected chi connectivity index (χ3v) is 4.70. The van der Waals surface area contributed by atoms with Crippen LogP contribution < -0.4 is 10.9 Å². The molecule has 0 saturated carbocycles. The molecule has 0 saturated heterocycles. The number of nitrogens with one attached hydrogen (secondary N) is 2.